The van der Waals surface area contributed by atoms with Gasteiger partial charge in [-0.25, -0.2) is 0 Å². The van der Waals surface area contributed by atoms with Crippen molar-refractivity contribution in [1.82, 2.24) is 0 Å². The standard InChI is InChI=1S/C5H10.2C4H10.C2H6/c1-2-4-5-3-1;2*1-4(2)3;1-2/h1-5H2;2*4H,1-3H3;1-2H3. The Morgan fingerprint density at radius 2 is 0.533 bits per heavy atom. The molecule has 1 rings (SSSR count). The van der Waals surface area contributed by atoms with Gasteiger partial charge in [-0.1, -0.05) is 87.5 Å². The van der Waals surface area contributed by atoms with Crippen LogP contribution in [0.3, 0.4) is 0 Å². The minimum absolute atomic E-state index is 0.833. The van der Waals surface area contributed by atoms with Gasteiger partial charge in [-0.3, -0.25) is 0 Å². The van der Waals surface area contributed by atoms with E-state index in [9.17, 15) is 0 Å². The van der Waals surface area contributed by atoms with E-state index in [0.717, 1.165) is 11.8 Å². The Hall–Kier alpha value is 0. The number of hydrogen-bond donors (Lipinski definition) is 0. The van der Waals surface area contributed by atoms with Crippen molar-refractivity contribution in [2.24, 2.45) is 11.8 Å². The van der Waals surface area contributed by atoms with Crippen molar-refractivity contribution in [3.05, 3.63) is 0 Å². The van der Waals surface area contributed by atoms with Crippen LogP contribution in [0.15, 0.2) is 0 Å². The lowest BCUT2D eigenvalue weighted by Gasteiger charge is -1.79. The molecule has 96 valence electrons. The van der Waals surface area contributed by atoms with Crippen LogP contribution >= 0.6 is 0 Å². The Morgan fingerprint density at radius 1 is 0.467 bits per heavy atom. The molecule has 0 aromatic carbocycles. The van der Waals surface area contributed by atoms with Gasteiger partial charge in [0.25, 0.3) is 0 Å². The van der Waals surface area contributed by atoms with Crippen molar-refractivity contribution < 1.29 is 0 Å². The number of hydrogen-bond acceptors (Lipinski definition) is 0. The third-order valence-electron chi connectivity index (χ3n) is 1.25. The SMILES string of the molecule is C1CCCC1.CC.CC(C)C.CC(C)C. The maximum absolute atomic E-state index is 2.17. The van der Waals surface area contributed by atoms with E-state index in [2.05, 4.69) is 41.5 Å². The van der Waals surface area contributed by atoms with E-state index in [4.69, 9.17) is 0 Å². The van der Waals surface area contributed by atoms with Crippen molar-refractivity contribution in [3.63, 3.8) is 0 Å². The molecule has 0 aromatic rings. The highest BCUT2D eigenvalue weighted by molar-refractivity contribution is 4.51. The van der Waals surface area contributed by atoms with Gasteiger partial charge in [-0.2, -0.15) is 0 Å². The molecule has 1 aliphatic rings. The average molecular weight is 216 g/mol. The van der Waals surface area contributed by atoms with Gasteiger partial charge in [0.05, 0.1) is 0 Å². The van der Waals surface area contributed by atoms with Crippen LogP contribution < -0.4 is 0 Å². The van der Waals surface area contributed by atoms with Crippen LogP contribution in [0.5, 0.6) is 0 Å². The molecule has 0 unspecified atom stereocenters. The van der Waals surface area contributed by atoms with E-state index in [1.54, 1.807) is 0 Å². The third-order valence-corrected chi connectivity index (χ3v) is 1.25. The van der Waals surface area contributed by atoms with Crippen molar-refractivity contribution in [2.75, 3.05) is 0 Å². The van der Waals surface area contributed by atoms with Gasteiger partial charge < -0.3 is 0 Å². The van der Waals surface area contributed by atoms with Crippen molar-refractivity contribution in [2.45, 2.75) is 87.5 Å². The summed E-state index contributed by atoms with van der Waals surface area (Å²) < 4.78 is 0. The van der Waals surface area contributed by atoms with Gasteiger partial charge in [-0.15, -0.1) is 0 Å². The summed E-state index contributed by atoms with van der Waals surface area (Å²) in [7, 11) is 0. The van der Waals surface area contributed by atoms with Gasteiger partial charge >= 0.3 is 0 Å². The Bertz CT molecular complexity index is 49.0. The Morgan fingerprint density at radius 3 is 0.600 bits per heavy atom. The smallest absolute Gasteiger partial charge is 0.0500 e. The summed E-state index contributed by atoms with van der Waals surface area (Å²) in [5, 5.41) is 0. The summed E-state index contributed by atoms with van der Waals surface area (Å²) in [6.45, 7) is 17.0. The van der Waals surface area contributed by atoms with E-state index < -0.39 is 0 Å². The molecule has 1 fully saturated rings. The predicted octanol–water partition coefficient (Wildman–Crippen LogP) is 6.30. The lowest BCUT2D eigenvalue weighted by molar-refractivity contribution is 0.736. The number of rotatable bonds is 0. The zero-order chi connectivity index (χ0) is 12.7. The minimum Gasteiger partial charge on any atom is -0.0683 e. The molecule has 0 spiro atoms. The van der Waals surface area contributed by atoms with Gasteiger partial charge in [0, 0.05) is 0 Å². The summed E-state index contributed by atoms with van der Waals surface area (Å²) in [6, 6.07) is 0. The average Bonchev–Trinajstić information content (AvgIpc) is 2.61. The molecule has 1 aliphatic carbocycles. The van der Waals surface area contributed by atoms with Gasteiger partial charge in [0.2, 0.25) is 0 Å². The van der Waals surface area contributed by atoms with Crippen LogP contribution in [0.2, 0.25) is 0 Å². The zero-order valence-electron chi connectivity index (χ0n) is 12.7. The summed E-state index contributed by atoms with van der Waals surface area (Å²) in [4.78, 5) is 0. The molecular weight excluding hydrogens is 180 g/mol. The fourth-order valence-corrected chi connectivity index (χ4v) is 0.884. The quantitative estimate of drug-likeness (QED) is 0.445. The van der Waals surface area contributed by atoms with Crippen LogP contribution in [0.1, 0.15) is 87.5 Å². The molecule has 0 saturated heterocycles. The topological polar surface area (TPSA) is 0 Å². The van der Waals surface area contributed by atoms with Crippen LogP contribution in [0.25, 0.3) is 0 Å². The van der Waals surface area contributed by atoms with E-state index in [-0.39, 0.29) is 0 Å². The van der Waals surface area contributed by atoms with Gasteiger partial charge in [0.15, 0.2) is 0 Å². The first kappa shape index (κ1) is 20.4. The molecule has 0 N–H and O–H groups in total. The molecule has 0 nitrogen and oxygen atoms in total. The highest BCUT2D eigenvalue weighted by atomic mass is 14.0. The maximum atomic E-state index is 2.17. The second-order valence-electron chi connectivity index (χ2n) is 5.23. The zero-order valence-corrected chi connectivity index (χ0v) is 12.7. The fourth-order valence-electron chi connectivity index (χ4n) is 0.884. The largest absolute Gasteiger partial charge is 0.0683 e. The molecule has 0 radical (unpaired) electrons. The van der Waals surface area contributed by atoms with E-state index in [1.807, 2.05) is 13.8 Å². The molecule has 0 atom stereocenters. The highest BCUT2D eigenvalue weighted by Gasteiger charge is 1.95. The molecule has 0 amide bonds. The van der Waals surface area contributed by atoms with Crippen molar-refractivity contribution in [3.8, 4) is 0 Å². The van der Waals surface area contributed by atoms with Crippen LogP contribution in [0.4, 0.5) is 0 Å². The molecule has 0 heterocycles. The lowest BCUT2D eigenvalue weighted by atomic mass is 10.3. The summed E-state index contributed by atoms with van der Waals surface area (Å²) in [5.74, 6) is 1.67. The van der Waals surface area contributed by atoms with Crippen LogP contribution in [-0.2, 0) is 0 Å². The van der Waals surface area contributed by atoms with Gasteiger partial charge in [0.1, 0.15) is 0 Å². The summed E-state index contributed by atoms with van der Waals surface area (Å²) >= 11 is 0. The molecular formula is C15H36. The van der Waals surface area contributed by atoms with Crippen LogP contribution in [-0.4, -0.2) is 0 Å². The lowest BCUT2D eigenvalue weighted by Crippen LogP contribution is -1.66. The van der Waals surface area contributed by atoms with E-state index >= 15 is 0 Å². The monoisotopic (exact) mass is 216 g/mol. The Kier molecular flexibility index (Phi) is 26.6. The summed E-state index contributed by atoms with van der Waals surface area (Å²) in [6.07, 6.45) is 7.50. The molecule has 0 aromatic heterocycles. The molecule has 1 saturated carbocycles. The second kappa shape index (κ2) is 19.6. The first-order chi connectivity index (χ1) is 6.96. The van der Waals surface area contributed by atoms with E-state index in [1.165, 1.54) is 32.1 Å². The summed E-state index contributed by atoms with van der Waals surface area (Å²) in [5.41, 5.74) is 0. The fraction of sp³-hybridized carbons (Fsp3) is 1.00. The molecule has 0 aliphatic heterocycles. The van der Waals surface area contributed by atoms with Gasteiger partial charge in [-0.05, 0) is 11.8 Å². The second-order valence-corrected chi connectivity index (χ2v) is 5.23. The maximum Gasteiger partial charge on any atom is -0.0500 e. The molecule has 0 bridgehead atoms. The van der Waals surface area contributed by atoms with Crippen molar-refractivity contribution in [1.29, 1.82) is 0 Å². The van der Waals surface area contributed by atoms with Crippen molar-refractivity contribution >= 4 is 0 Å². The third kappa shape index (κ3) is 80.6. The van der Waals surface area contributed by atoms with Crippen LogP contribution in [0, 0.1) is 11.8 Å². The Labute approximate surface area is 99.9 Å². The first-order valence-corrected chi connectivity index (χ1v) is 6.96. The highest BCUT2D eigenvalue weighted by Crippen LogP contribution is 2.15. The predicted molar refractivity (Wildman–Crippen MR) is 75.5 cm³/mol. The molecule has 15 heavy (non-hydrogen) atoms. The Balaban J connectivity index is -0.000000135. The first-order valence-electron chi connectivity index (χ1n) is 6.96. The molecule has 0 heteroatoms. The normalized spacial score (nSPS) is 13.2. The van der Waals surface area contributed by atoms with E-state index in [0.29, 0.717) is 0 Å². The minimum atomic E-state index is 0.833.